The summed E-state index contributed by atoms with van der Waals surface area (Å²) in [5.74, 6) is 1.93. The molecule has 158 valence electrons. The molecule has 0 saturated carbocycles. The molecule has 0 unspecified atom stereocenters. The molecular weight excluding hydrogens is 417 g/mol. The third kappa shape index (κ3) is 3.78. The summed E-state index contributed by atoms with van der Waals surface area (Å²) < 4.78 is 20.8. The van der Waals surface area contributed by atoms with Gasteiger partial charge in [-0.1, -0.05) is 30.3 Å². The monoisotopic (exact) mass is 437 g/mol. The topological polar surface area (TPSA) is 64.9 Å². The number of nitrogens with one attached hydrogen (secondary N) is 1. The van der Waals surface area contributed by atoms with Gasteiger partial charge in [0.2, 0.25) is 5.88 Å². The molecule has 1 aliphatic heterocycles. The minimum atomic E-state index is -0.225. The number of ether oxygens (including phenoxy) is 1. The molecule has 0 fully saturated rings. The number of fused-ring (bicyclic) bond motifs is 3. The van der Waals surface area contributed by atoms with Crippen molar-refractivity contribution >= 4 is 12.4 Å². The number of nitrogens with zero attached hydrogens (tertiary/aromatic N) is 4. The molecule has 0 aliphatic carbocycles. The van der Waals surface area contributed by atoms with Gasteiger partial charge in [0, 0.05) is 18.2 Å². The smallest absolute Gasteiger partial charge is 0.213 e. The summed E-state index contributed by atoms with van der Waals surface area (Å²) in [4.78, 5) is 4.58. The Bertz CT molecular complexity index is 1240. The Morgan fingerprint density at radius 2 is 1.74 bits per heavy atom. The molecule has 6 nitrogen and oxygen atoms in total. The van der Waals surface area contributed by atoms with Crippen molar-refractivity contribution in [3.63, 3.8) is 0 Å². The molecule has 0 saturated heterocycles. The second kappa shape index (κ2) is 8.45. The van der Waals surface area contributed by atoms with Crippen LogP contribution in [-0.4, -0.2) is 26.9 Å². The SMILES string of the molecule is COc1ccc2c(n1)CNCc1nnc(-c3ccc(-c4ccc(F)cc4C)cc3)n1-2.Cl. The van der Waals surface area contributed by atoms with E-state index in [1.165, 1.54) is 6.07 Å². The Kier molecular flexibility index (Phi) is 5.71. The highest BCUT2D eigenvalue weighted by Crippen LogP contribution is 2.30. The number of halogens is 2. The molecule has 31 heavy (non-hydrogen) atoms. The van der Waals surface area contributed by atoms with Gasteiger partial charge in [0.25, 0.3) is 0 Å². The van der Waals surface area contributed by atoms with Gasteiger partial charge in [-0.25, -0.2) is 9.37 Å². The molecule has 1 N–H and O–H groups in total. The minimum Gasteiger partial charge on any atom is -0.481 e. The quantitative estimate of drug-likeness (QED) is 0.512. The molecule has 0 spiro atoms. The Balaban J connectivity index is 0.00000231. The van der Waals surface area contributed by atoms with Crippen molar-refractivity contribution in [2.24, 2.45) is 0 Å². The zero-order valence-corrected chi connectivity index (χ0v) is 17.9. The normalized spacial score (nSPS) is 12.4. The van der Waals surface area contributed by atoms with Crippen molar-refractivity contribution in [1.82, 2.24) is 25.1 Å². The zero-order chi connectivity index (χ0) is 20.7. The maximum absolute atomic E-state index is 13.4. The van der Waals surface area contributed by atoms with E-state index in [1.54, 1.807) is 13.2 Å². The third-order valence-corrected chi connectivity index (χ3v) is 5.32. The van der Waals surface area contributed by atoms with Gasteiger partial charge in [-0.15, -0.1) is 22.6 Å². The Hall–Kier alpha value is -3.29. The minimum absolute atomic E-state index is 0. The highest BCUT2D eigenvalue weighted by molar-refractivity contribution is 5.85. The van der Waals surface area contributed by atoms with Gasteiger partial charge in [-0.3, -0.25) is 4.57 Å². The van der Waals surface area contributed by atoms with Gasteiger partial charge in [0.15, 0.2) is 11.6 Å². The highest BCUT2D eigenvalue weighted by Gasteiger charge is 2.22. The molecule has 1 aliphatic rings. The van der Waals surface area contributed by atoms with Gasteiger partial charge in [-0.05, 0) is 41.8 Å². The van der Waals surface area contributed by atoms with E-state index in [1.807, 2.05) is 54.0 Å². The molecule has 0 amide bonds. The van der Waals surface area contributed by atoms with Crippen LogP contribution in [0.4, 0.5) is 4.39 Å². The molecular formula is C23H21ClFN5O. The largest absolute Gasteiger partial charge is 0.481 e. The standard InChI is InChI=1S/C23H20FN5O.ClH/c1-14-11-17(24)7-8-18(14)15-3-5-16(6-4-15)23-28-27-21-13-25-12-19-20(29(21)23)9-10-22(26-19)30-2;/h3-11,25H,12-13H2,1-2H3;1H. The maximum atomic E-state index is 13.4. The predicted molar refractivity (Wildman–Crippen MR) is 119 cm³/mol. The molecule has 0 bridgehead atoms. The van der Waals surface area contributed by atoms with Crippen LogP contribution in [0.2, 0.25) is 0 Å². The van der Waals surface area contributed by atoms with Crippen molar-refractivity contribution in [2.45, 2.75) is 20.0 Å². The van der Waals surface area contributed by atoms with Crippen LogP contribution < -0.4 is 10.1 Å². The number of benzene rings is 2. The van der Waals surface area contributed by atoms with Gasteiger partial charge in [0.1, 0.15) is 5.82 Å². The van der Waals surface area contributed by atoms with Crippen LogP contribution in [0, 0.1) is 12.7 Å². The first-order valence-corrected chi connectivity index (χ1v) is 9.70. The van der Waals surface area contributed by atoms with Crippen LogP contribution in [0.25, 0.3) is 28.2 Å². The summed E-state index contributed by atoms with van der Waals surface area (Å²) in [7, 11) is 1.61. The van der Waals surface area contributed by atoms with Crippen molar-refractivity contribution in [3.05, 3.63) is 77.5 Å². The number of rotatable bonds is 3. The summed E-state index contributed by atoms with van der Waals surface area (Å²) in [5, 5.41) is 12.2. The van der Waals surface area contributed by atoms with Crippen LogP contribution in [0.5, 0.6) is 5.88 Å². The molecule has 0 radical (unpaired) electrons. The number of methoxy groups -OCH3 is 1. The lowest BCUT2D eigenvalue weighted by Gasteiger charge is -2.12. The van der Waals surface area contributed by atoms with E-state index in [0.29, 0.717) is 19.0 Å². The van der Waals surface area contributed by atoms with Crippen molar-refractivity contribution in [1.29, 1.82) is 0 Å². The molecule has 4 aromatic rings. The van der Waals surface area contributed by atoms with E-state index in [0.717, 1.165) is 45.3 Å². The average molecular weight is 438 g/mol. The lowest BCUT2D eigenvalue weighted by Crippen LogP contribution is -2.12. The van der Waals surface area contributed by atoms with Crippen LogP contribution >= 0.6 is 12.4 Å². The summed E-state index contributed by atoms with van der Waals surface area (Å²) in [6, 6.07) is 16.8. The van der Waals surface area contributed by atoms with E-state index in [9.17, 15) is 4.39 Å². The first-order valence-electron chi connectivity index (χ1n) is 9.70. The lowest BCUT2D eigenvalue weighted by molar-refractivity contribution is 0.395. The van der Waals surface area contributed by atoms with E-state index in [2.05, 4.69) is 20.5 Å². The van der Waals surface area contributed by atoms with Crippen molar-refractivity contribution in [2.75, 3.05) is 7.11 Å². The number of hydrogen-bond acceptors (Lipinski definition) is 5. The van der Waals surface area contributed by atoms with Crippen LogP contribution in [-0.2, 0) is 13.1 Å². The van der Waals surface area contributed by atoms with E-state index in [4.69, 9.17) is 4.74 Å². The van der Waals surface area contributed by atoms with E-state index in [-0.39, 0.29) is 18.2 Å². The number of hydrogen-bond donors (Lipinski definition) is 1. The summed E-state index contributed by atoms with van der Waals surface area (Å²) in [6.07, 6.45) is 0. The fourth-order valence-corrected chi connectivity index (χ4v) is 3.84. The van der Waals surface area contributed by atoms with Gasteiger partial charge in [-0.2, -0.15) is 0 Å². The van der Waals surface area contributed by atoms with Gasteiger partial charge < -0.3 is 10.1 Å². The molecule has 5 rings (SSSR count). The van der Waals surface area contributed by atoms with Crippen LogP contribution in [0.3, 0.4) is 0 Å². The Morgan fingerprint density at radius 3 is 2.48 bits per heavy atom. The molecule has 0 atom stereocenters. The van der Waals surface area contributed by atoms with Gasteiger partial charge in [0.05, 0.1) is 25.0 Å². The van der Waals surface area contributed by atoms with Crippen LogP contribution in [0.1, 0.15) is 17.1 Å². The fourth-order valence-electron chi connectivity index (χ4n) is 3.84. The predicted octanol–water partition coefficient (Wildman–Crippen LogP) is 4.48. The van der Waals surface area contributed by atoms with Crippen molar-refractivity contribution in [3.8, 4) is 34.1 Å². The lowest BCUT2D eigenvalue weighted by atomic mass is 9.99. The Labute approximate surface area is 185 Å². The summed E-state index contributed by atoms with van der Waals surface area (Å²) >= 11 is 0. The molecule has 2 aromatic carbocycles. The summed E-state index contributed by atoms with van der Waals surface area (Å²) in [6.45, 7) is 3.13. The summed E-state index contributed by atoms with van der Waals surface area (Å²) in [5.41, 5.74) is 5.70. The van der Waals surface area contributed by atoms with E-state index < -0.39 is 0 Å². The number of aromatic nitrogens is 4. The second-order valence-electron chi connectivity index (χ2n) is 7.23. The third-order valence-electron chi connectivity index (χ3n) is 5.32. The number of pyridine rings is 1. The van der Waals surface area contributed by atoms with Crippen LogP contribution in [0.15, 0.2) is 54.6 Å². The highest BCUT2D eigenvalue weighted by atomic mass is 35.5. The number of aryl methyl sites for hydroxylation is 1. The van der Waals surface area contributed by atoms with Crippen molar-refractivity contribution < 1.29 is 9.13 Å². The first kappa shape index (κ1) is 21.0. The fraction of sp³-hybridized carbons (Fsp3) is 0.174. The molecule has 2 aromatic heterocycles. The average Bonchev–Trinajstić information content (AvgIpc) is 3.09. The Morgan fingerprint density at radius 1 is 0.968 bits per heavy atom. The molecule has 3 heterocycles. The molecule has 8 heteroatoms. The maximum Gasteiger partial charge on any atom is 0.213 e. The van der Waals surface area contributed by atoms with Gasteiger partial charge >= 0.3 is 0 Å². The first-order chi connectivity index (χ1) is 14.6. The second-order valence-corrected chi connectivity index (χ2v) is 7.23. The zero-order valence-electron chi connectivity index (χ0n) is 17.1. The van der Waals surface area contributed by atoms with E-state index >= 15 is 0 Å².